The van der Waals surface area contributed by atoms with Crippen LogP contribution in [-0.2, 0) is 11.2 Å². The van der Waals surface area contributed by atoms with Crippen molar-refractivity contribution in [1.82, 2.24) is 15.2 Å². The van der Waals surface area contributed by atoms with Crippen molar-refractivity contribution in [2.75, 3.05) is 13.6 Å². The standard InChI is InChI=1S/C17H27N3O/c1-13-7-6-8-15(18-13)11-14(2)19-17(21)12-20(3)16-9-4-5-10-16/h6-8,14,16H,4-5,9-12H2,1-3H3,(H,19,21). The van der Waals surface area contributed by atoms with Gasteiger partial charge in [0.2, 0.25) is 5.91 Å². The van der Waals surface area contributed by atoms with E-state index in [0.717, 1.165) is 17.8 Å². The molecule has 2 rings (SSSR count). The van der Waals surface area contributed by atoms with Crippen molar-refractivity contribution in [3.05, 3.63) is 29.6 Å². The fourth-order valence-electron chi connectivity index (χ4n) is 3.10. The molecule has 0 aromatic carbocycles. The predicted octanol–water partition coefficient (Wildman–Crippen LogP) is 2.31. The summed E-state index contributed by atoms with van der Waals surface area (Å²) in [6.07, 6.45) is 5.83. The van der Waals surface area contributed by atoms with Gasteiger partial charge in [0.1, 0.15) is 0 Å². The molecule has 1 aliphatic carbocycles. The molecule has 0 spiro atoms. The minimum absolute atomic E-state index is 0.115. The Morgan fingerprint density at radius 1 is 1.43 bits per heavy atom. The van der Waals surface area contributed by atoms with Crippen LogP contribution >= 0.6 is 0 Å². The predicted molar refractivity (Wildman–Crippen MR) is 85.2 cm³/mol. The maximum atomic E-state index is 12.1. The maximum absolute atomic E-state index is 12.1. The summed E-state index contributed by atoms with van der Waals surface area (Å²) in [5.74, 6) is 0.115. The summed E-state index contributed by atoms with van der Waals surface area (Å²) in [6, 6.07) is 6.72. The lowest BCUT2D eigenvalue weighted by atomic mass is 10.1. The summed E-state index contributed by atoms with van der Waals surface area (Å²) in [6.45, 7) is 4.52. The molecule has 1 unspecified atom stereocenters. The van der Waals surface area contributed by atoms with Gasteiger partial charge >= 0.3 is 0 Å². The van der Waals surface area contributed by atoms with E-state index in [9.17, 15) is 4.79 Å². The Kier molecular flexibility index (Phi) is 5.74. The molecule has 4 nitrogen and oxygen atoms in total. The Morgan fingerprint density at radius 2 is 2.14 bits per heavy atom. The summed E-state index contributed by atoms with van der Waals surface area (Å²) in [7, 11) is 2.06. The van der Waals surface area contributed by atoms with E-state index in [1.54, 1.807) is 0 Å². The second-order valence-electron chi connectivity index (χ2n) is 6.30. The molecule has 1 heterocycles. The van der Waals surface area contributed by atoms with Crippen molar-refractivity contribution in [1.29, 1.82) is 0 Å². The van der Waals surface area contributed by atoms with Crippen LogP contribution in [0.2, 0.25) is 0 Å². The van der Waals surface area contributed by atoms with Crippen LogP contribution in [0.1, 0.15) is 44.0 Å². The lowest BCUT2D eigenvalue weighted by molar-refractivity contribution is -0.123. The van der Waals surface area contributed by atoms with Crippen LogP contribution in [0.15, 0.2) is 18.2 Å². The molecule has 21 heavy (non-hydrogen) atoms. The van der Waals surface area contributed by atoms with Crippen LogP contribution in [0.25, 0.3) is 0 Å². The summed E-state index contributed by atoms with van der Waals surface area (Å²) in [4.78, 5) is 18.8. The highest BCUT2D eigenvalue weighted by Crippen LogP contribution is 2.21. The molecule has 1 atom stereocenters. The number of rotatable bonds is 6. The van der Waals surface area contributed by atoms with Crippen molar-refractivity contribution >= 4 is 5.91 Å². The number of hydrogen-bond donors (Lipinski definition) is 1. The summed E-state index contributed by atoms with van der Waals surface area (Å²) in [5, 5.41) is 3.08. The zero-order valence-corrected chi connectivity index (χ0v) is 13.4. The number of aromatic nitrogens is 1. The van der Waals surface area contributed by atoms with Gasteiger partial charge in [-0.15, -0.1) is 0 Å². The van der Waals surface area contributed by atoms with Gasteiger partial charge in [-0.3, -0.25) is 14.7 Å². The van der Waals surface area contributed by atoms with Crippen LogP contribution in [0.5, 0.6) is 0 Å². The van der Waals surface area contributed by atoms with Crippen LogP contribution < -0.4 is 5.32 Å². The molecule has 0 saturated heterocycles. The largest absolute Gasteiger partial charge is 0.352 e. The Bertz CT molecular complexity index is 469. The molecule has 1 N–H and O–H groups in total. The first-order chi connectivity index (χ1) is 10.0. The summed E-state index contributed by atoms with van der Waals surface area (Å²) < 4.78 is 0. The Hall–Kier alpha value is -1.42. The number of hydrogen-bond acceptors (Lipinski definition) is 3. The molecule has 1 aromatic heterocycles. The summed E-state index contributed by atoms with van der Waals surface area (Å²) in [5.41, 5.74) is 2.05. The molecule has 0 bridgehead atoms. The van der Waals surface area contributed by atoms with E-state index >= 15 is 0 Å². The highest BCUT2D eigenvalue weighted by Gasteiger charge is 2.21. The minimum atomic E-state index is 0.115. The highest BCUT2D eigenvalue weighted by atomic mass is 16.2. The number of amides is 1. The Labute approximate surface area is 127 Å². The quantitative estimate of drug-likeness (QED) is 0.874. The molecule has 116 valence electrons. The van der Waals surface area contributed by atoms with Gasteiger partial charge in [0.25, 0.3) is 0 Å². The molecule has 1 fully saturated rings. The third kappa shape index (κ3) is 5.12. The van der Waals surface area contributed by atoms with E-state index in [1.807, 2.05) is 32.0 Å². The lowest BCUT2D eigenvalue weighted by Gasteiger charge is -2.24. The second-order valence-corrected chi connectivity index (χ2v) is 6.30. The van der Waals surface area contributed by atoms with Crippen molar-refractivity contribution in [2.45, 2.75) is 58.0 Å². The first kappa shape index (κ1) is 16.0. The molecule has 1 saturated carbocycles. The normalized spacial score (nSPS) is 17.1. The van der Waals surface area contributed by atoms with Gasteiger partial charge < -0.3 is 5.32 Å². The summed E-state index contributed by atoms with van der Waals surface area (Å²) >= 11 is 0. The number of carbonyl (C=O) groups excluding carboxylic acids is 1. The smallest absolute Gasteiger partial charge is 0.234 e. The zero-order valence-electron chi connectivity index (χ0n) is 13.4. The number of nitrogens with one attached hydrogen (secondary N) is 1. The maximum Gasteiger partial charge on any atom is 0.234 e. The van der Waals surface area contributed by atoms with Crippen molar-refractivity contribution < 1.29 is 4.79 Å². The third-order valence-corrected chi connectivity index (χ3v) is 4.21. The highest BCUT2D eigenvalue weighted by molar-refractivity contribution is 5.78. The molecular formula is C17H27N3O. The van der Waals surface area contributed by atoms with Gasteiger partial charge in [-0.05, 0) is 45.9 Å². The van der Waals surface area contributed by atoms with Crippen LogP contribution in [0, 0.1) is 6.92 Å². The van der Waals surface area contributed by atoms with Gasteiger partial charge in [-0.25, -0.2) is 0 Å². The fourth-order valence-corrected chi connectivity index (χ4v) is 3.10. The van der Waals surface area contributed by atoms with E-state index in [-0.39, 0.29) is 11.9 Å². The molecule has 1 aromatic rings. The molecule has 0 aliphatic heterocycles. The Balaban J connectivity index is 1.76. The van der Waals surface area contributed by atoms with Crippen LogP contribution in [0.3, 0.4) is 0 Å². The van der Waals surface area contributed by atoms with E-state index in [0.29, 0.717) is 12.6 Å². The second kappa shape index (κ2) is 7.55. The van der Waals surface area contributed by atoms with Crippen molar-refractivity contribution in [3.8, 4) is 0 Å². The van der Waals surface area contributed by atoms with Crippen molar-refractivity contribution in [3.63, 3.8) is 0 Å². The number of nitrogens with zero attached hydrogens (tertiary/aromatic N) is 2. The number of aryl methyl sites for hydroxylation is 1. The van der Waals surface area contributed by atoms with Gasteiger partial charge in [-0.1, -0.05) is 18.9 Å². The van der Waals surface area contributed by atoms with Crippen LogP contribution in [0.4, 0.5) is 0 Å². The van der Waals surface area contributed by atoms with Crippen LogP contribution in [-0.4, -0.2) is 41.5 Å². The van der Waals surface area contributed by atoms with E-state index in [2.05, 4.69) is 22.2 Å². The number of carbonyl (C=O) groups is 1. The van der Waals surface area contributed by atoms with Gasteiger partial charge in [0, 0.05) is 29.9 Å². The van der Waals surface area contributed by atoms with E-state index < -0.39 is 0 Å². The van der Waals surface area contributed by atoms with Gasteiger partial charge in [0.15, 0.2) is 0 Å². The minimum Gasteiger partial charge on any atom is -0.352 e. The molecule has 1 amide bonds. The lowest BCUT2D eigenvalue weighted by Crippen LogP contribution is -2.43. The first-order valence-corrected chi connectivity index (χ1v) is 7.96. The fraction of sp³-hybridized carbons (Fsp3) is 0.647. The average Bonchev–Trinajstić information content (AvgIpc) is 2.91. The van der Waals surface area contributed by atoms with Gasteiger partial charge in [0.05, 0.1) is 6.54 Å². The topological polar surface area (TPSA) is 45.2 Å². The van der Waals surface area contributed by atoms with E-state index in [4.69, 9.17) is 0 Å². The Morgan fingerprint density at radius 3 is 2.81 bits per heavy atom. The average molecular weight is 289 g/mol. The molecule has 1 aliphatic rings. The van der Waals surface area contributed by atoms with Gasteiger partial charge in [-0.2, -0.15) is 0 Å². The first-order valence-electron chi connectivity index (χ1n) is 7.96. The number of pyridine rings is 1. The van der Waals surface area contributed by atoms with Crippen molar-refractivity contribution in [2.24, 2.45) is 0 Å². The van der Waals surface area contributed by atoms with E-state index in [1.165, 1.54) is 25.7 Å². The monoisotopic (exact) mass is 289 g/mol. The third-order valence-electron chi connectivity index (χ3n) is 4.21. The SMILES string of the molecule is Cc1cccc(CC(C)NC(=O)CN(C)C2CCCC2)n1. The molecular weight excluding hydrogens is 262 g/mol. The molecule has 0 radical (unpaired) electrons. The molecule has 4 heteroatoms. The number of likely N-dealkylation sites (N-methyl/N-ethyl adjacent to an activating group) is 1. The zero-order chi connectivity index (χ0) is 15.2.